The van der Waals surface area contributed by atoms with Crippen LogP contribution in [0.4, 0.5) is 0 Å². The van der Waals surface area contributed by atoms with Crippen molar-refractivity contribution in [2.45, 2.75) is 45.6 Å². The summed E-state index contributed by atoms with van der Waals surface area (Å²) in [5.41, 5.74) is 1.95. The maximum Gasteiger partial charge on any atom is 0.315 e. The van der Waals surface area contributed by atoms with Gasteiger partial charge in [-0.05, 0) is 56.4 Å². The highest BCUT2D eigenvalue weighted by Crippen LogP contribution is 2.51. The molecule has 0 atom stereocenters. The second-order valence-electron chi connectivity index (χ2n) is 8.28. The van der Waals surface area contributed by atoms with Crippen LogP contribution in [0.3, 0.4) is 0 Å². The van der Waals surface area contributed by atoms with E-state index in [4.69, 9.17) is 24.4 Å². The molecular formula is C25H28O6. The molecule has 0 aromatic heterocycles. The zero-order valence-electron chi connectivity index (χ0n) is 21.6. The van der Waals surface area contributed by atoms with E-state index >= 15 is 0 Å². The lowest BCUT2D eigenvalue weighted by Gasteiger charge is -2.22. The van der Waals surface area contributed by atoms with Crippen LogP contribution in [0.15, 0.2) is 30.3 Å². The van der Waals surface area contributed by atoms with E-state index in [0.717, 1.165) is 11.1 Å². The molecule has 2 aromatic carbocycles. The van der Waals surface area contributed by atoms with E-state index in [9.17, 15) is 9.59 Å². The van der Waals surface area contributed by atoms with Gasteiger partial charge in [0.25, 0.3) is 0 Å². The number of hydrogen-bond acceptors (Lipinski definition) is 6. The first-order chi connectivity index (χ1) is 16.6. The third kappa shape index (κ3) is 3.87. The number of fused-ring (bicyclic) bond motifs is 1. The first kappa shape index (κ1) is 16.6. The van der Waals surface area contributed by atoms with E-state index in [2.05, 4.69) is 0 Å². The molecule has 0 amide bonds. The number of benzene rings is 2. The quantitative estimate of drug-likeness (QED) is 0.572. The second kappa shape index (κ2) is 8.25. The summed E-state index contributed by atoms with van der Waals surface area (Å²) in [5, 5.41) is 0. The van der Waals surface area contributed by atoms with Crippen molar-refractivity contribution >= 4 is 11.8 Å². The molecule has 6 heteroatoms. The number of rotatable bonds is 8. The monoisotopic (exact) mass is 428 g/mol. The summed E-state index contributed by atoms with van der Waals surface area (Å²) >= 11 is 0. The normalized spacial score (nSPS) is 18.2. The first-order valence-corrected chi connectivity index (χ1v) is 10.3. The van der Waals surface area contributed by atoms with Crippen molar-refractivity contribution in [3.05, 3.63) is 41.5 Å². The average molecular weight is 429 g/mol. The van der Waals surface area contributed by atoms with Crippen LogP contribution in [0, 0.1) is 5.41 Å². The second-order valence-corrected chi connectivity index (χ2v) is 8.28. The lowest BCUT2D eigenvalue weighted by Crippen LogP contribution is -2.28. The van der Waals surface area contributed by atoms with Gasteiger partial charge in [-0.25, -0.2) is 0 Å². The van der Waals surface area contributed by atoms with Crippen molar-refractivity contribution in [2.24, 2.45) is 5.41 Å². The van der Waals surface area contributed by atoms with Gasteiger partial charge in [-0.15, -0.1) is 0 Å². The minimum absolute atomic E-state index is 0.0227. The summed E-state index contributed by atoms with van der Waals surface area (Å²) in [7, 11) is -3.42. The molecule has 4 rings (SSSR count). The Labute approximate surface area is 188 Å². The van der Waals surface area contributed by atoms with Crippen LogP contribution >= 0.6 is 0 Å². The standard InChI is InChI=1S/C25H28O6/c1-15(2)31-24(27)25(12-13-25)14-30-22-19(9-11-21(28-3)23(22)29-4)16-6-5-7-18-17(16)8-10-20(18)26/h5-7,9,11,15H,8,10,12-14H2,1-4H3/i3D2,4D2. The maximum absolute atomic E-state index is 12.7. The molecule has 164 valence electrons. The third-order valence-electron chi connectivity index (χ3n) is 5.81. The van der Waals surface area contributed by atoms with Crippen molar-refractivity contribution in [1.82, 2.24) is 0 Å². The molecule has 0 radical (unpaired) electrons. The molecule has 0 spiro atoms. The summed E-state index contributed by atoms with van der Waals surface area (Å²) in [6.07, 6.45) is 1.88. The van der Waals surface area contributed by atoms with Crippen molar-refractivity contribution in [3.63, 3.8) is 0 Å². The number of carbonyl (C=O) groups is 2. The Morgan fingerprint density at radius 3 is 2.52 bits per heavy atom. The summed E-state index contributed by atoms with van der Waals surface area (Å²) in [4.78, 5) is 25.0. The summed E-state index contributed by atoms with van der Waals surface area (Å²) in [5.74, 6) is -0.299. The predicted octanol–water partition coefficient (Wildman–Crippen LogP) is 4.61. The minimum Gasteiger partial charge on any atom is -0.493 e. The smallest absolute Gasteiger partial charge is 0.315 e. The van der Waals surface area contributed by atoms with Gasteiger partial charge in [0.2, 0.25) is 5.75 Å². The van der Waals surface area contributed by atoms with Crippen molar-refractivity contribution in [2.75, 3.05) is 20.7 Å². The molecule has 0 bridgehead atoms. The molecule has 31 heavy (non-hydrogen) atoms. The zero-order valence-corrected chi connectivity index (χ0v) is 17.6. The van der Waals surface area contributed by atoms with Crippen molar-refractivity contribution in [1.29, 1.82) is 0 Å². The van der Waals surface area contributed by atoms with Crippen LogP contribution < -0.4 is 14.2 Å². The summed E-state index contributed by atoms with van der Waals surface area (Å²) in [6.45, 7) is 3.53. The molecule has 1 fully saturated rings. The SMILES string of the molecule is [2H]C([2H])Oc1ccc(-c2cccc3c2CCC3=O)c(OCC2(C(=O)OC(C)C)CC2)c1OC([2H])[2H]. The van der Waals surface area contributed by atoms with Gasteiger partial charge < -0.3 is 18.9 Å². The number of ketones is 1. The van der Waals surface area contributed by atoms with Crippen LogP contribution in [0.25, 0.3) is 11.1 Å². The Balaban J connectivity index is 1.80. The van der Waals surface area contributed by atoms with E-state index in [1.54, 1.807) is 32.0 Å². The van der Waals surface area contributed by atoms with Gasteiger partial charge >= 0.3 is 5.97 Å². The van der Waals surface area contributed by atoms with Crippen LogP contribution in [-0.2, 0) is 16.0 Å². The van der Waals surface area contributed by atoms with Crippen LogP contribution in [-0.4, -0.2) is 38.6 Å². The Morgan fingerprint density at radius 2 is 1.81 bits per heavy atom. The van der Waals surface area contributed by atoms with E-state index in [1.807, 2.05) is 6.07 Å². The molecule has 2 aliphatic rings. The lowest BCUT2D eigenvalue weighted by atomic mass is 9.95. The molecule has 0 N–H and O–H groups in total. The van der Waals surface area contributed by atoms with Crippen LogP contribution in [0.5, 0.6) is 17.2 Å². The Hall–Kier alpha value is -3.02. The lowest BCUT2D eigenvalue weighted by molar-refractivity contribution is -0.155. The topological polar surface area (TPSA) is 71.1 Å². The zero-order chi connectivity index (χ0) is 25.3. The van der Waals surface area contributed by atoms with E-state index in [-0.39, 0.29) is 41.7 Å². The summed E-state index contributed by atoms with van der Waals surface area (Å²) < 4.78 is 52.5. The number of Topliss-reactive ketones (excluding diaryl/α,β-unsaturated/α-hetero) is 1. The fraction of sp³-hybridized carbons (Fsp3) is 0.440. The van der Waals surface area contributed by atoms with Crippen LogP contribution in [0.1, 0.15) is 54.5 Å². The third-order valence-corrected chi connectivity index (χ3v) is 5.81. The van der Waals surface area contributed by atoms with E-state index in [1.165, 1.54) is 6.07 Å². The number of ether oxygens (including phenoxy) is 4. The highest BCUT2D eigenvalue weighted by Gasteiger charge is 2.53. The number of hydrogen-bond donors (Lipinski definition) is 0. The largest absolute Gasteiger partial charge is 0.493 e. The molecule has 0 aliphatic heterocycles. The fourth-order valence-electron chi connectivity index (χ4n) is 3.96. The molecule has 0 unspecified atom stereocenters. The van der Waals surface area contributed by atoms with Gasteiger partial charge in [0.05, 0.1) is 25.7 Å². The molecule has 2 aromatic rings. The number of esters is 1. The molecule has 6 nitrogen and oxygen atoms in total. The van der Waals surface area contributed by atoms with Gasteiger partial charge in [-0.3, -0.25) is 9.59 Å². The van der Waals surface area contributed by atoms with Crippen molar-refractivity contribution in [3.8, 4) is 28.4 Å². The van der Waals surface area contributed by atoms with Gasteiger partial charge in [0.15, 0.2) is 17.3 Å². The number of methoxy groups -OCH3 is 2. The van der Waals surface area contributed by atoms with Crippen molar-refractivity contribution < 1.29 is 34.0 Å². The van der Waals surface area contributed by atoms with E-state index < -0.39 is 19.5 Å². The number of carbonyl (C=O) groups excluding carboxylic acids is 2. The fourth-order valence-corrected chi connectivity index (χ4v) is 3.96. The Bertz CT molecular complexity index is 1130. The molecule has 0 heterocycles. The summed E-state index contributed by atoms with van der Waals surface area (Å²) in [6, 6.07) is 8.56. The van der Waals surface area contributed by atoms with Gasteiger partial charge in [0, 0.05) is 17.5 Å². The Morgan fingerprint density at radius 1 is 1.03 bits per heavy atom. The molecule has 0 saturated heterocycles. The molecular weight excluding hydrogens is 396 g/mol. The Kier molecular flexibility index (Phi) is 4.43. The predicted molar refractivity (Wildman–Crippen MR) is 116 cm³/mol. The molecule has 1 saturated carbocycles. The first-order valence-electron chi connectivity index (χ1n) is 12.6. The van der Waals surface area contributed by atoms with Gasteiger partial charge in [-0.2, -0.15) is 0 Å². The minimum atomic E-state index is -1.74. The molecule has 2 aliphatic carbocycles. The van der Waals surface area contributed by atoms with Crippen LogP contribution in [0.2, 0.25) is 0 Å². The highest BCUT2D eigenvalue weighted by atomic mass is 16.6. The van der Waals surface area contributed by atoms with E-state index in [0.29, 0.717) is 36.8 Å². The average Bonchev–Trinajstić information content (AvgIpc) is 3.49. The maximum atomic E-state index is 12.7. The highest BCUT2D eigenvalue weighted by molar-refractivity contribution is 6.02. The van der Waals surface area contributed by atoms with Gasteiger partial charge in [-0.1, -0.05) is 18.2 Å². The van der Waals surface area contributed by atoms with Gasteiger partial charge in [0.1, 0.15) is 12.0 Å².